The molecule has 2 aromatic heterocycles. The standard InChI is InChI=1S/C11H13N5O2/c1-15(6-8-5-13-16(2)7-8)11-12-4-3-9(14-11)10(17)18/h3-5,7H,6H2,1-2H3,(H,17,18). The lowest BCUT2D eigenvalue weighted by Crippen LogP contribution is -2.19. The summed E-state index contributed by atoms with van der Waals surface area (Å²) in [6.45, 7) is 0.566. The highest BCUT2D eigenvalue weighted by molar-refractivity contribution is 5.85. The molecule has 0 radical (unpaired) electrons. The number of hydrogen-bond acceptors (Lipinski definition) is 5. The summed E-state index contributed by atoms with van der Waals surface area (Å²) >= 11 is 0. The van der Waals surface area contributed by atoms with E-state index in [1.54, 1.807) is 22.8 Å². The van der Waals surface area contributed by atoms with Gasteiger partial charge in [-0.25, -0.2) is 14.8 Å². The summed E-state index contributed by atoms with van der Waals surface area (Å²) in [5.74, 6) is -0.688. The van der Waals surface area contributed by atoms with E-state index in [2.05, 4.69) is 15.1 Å². The molecule has 0 aliphatic heterocycles. The number of anilines is 1. The van der Waals surface area contributed by atoms with Gasteiger partial charge in [-0.3, -0.25) is 4.68 Å². The van der Waals surface area contributed by atoms with Crippen molar-refractivity contribution in [3.63, 3.8) is 0 Å². The third-order valence-corrected chi connectivity index (χ3v) is 2.38. The van der Waals surface area contributed by atoms with E-state index in [0.717, 1.165) is 5.56 Å². The highest BCUT2D eigenvalue weighted by Crippen LogP contribution is 2.09. The number of aryl methyl sites for hydroxylation is 1. The molecule has 0 saturated carbocycles. The highest BCUT2D eigenvalue weighted by atomic mass is 16.4. The van der Waals surface area contributed by atoms with Crippen LogP contribution in [0.2, 0.25) is 0 Å². The number of nitrogens with zero attached hydrogens (tertiary/aromatic N) is 5. The molecule has 0 amide bonds. The number of hydrogen-bond donors (Lipinski definition) is 1. The Labute approximate surface area is 104 Å². The first-order chi connectivity index (χ1) is 8.56. The molecule has 7 heteroatoms. The van der Waals surface area contributed by atoms with Crippen LogP contribution >= 0.6 is 0 Å². The van der Waals surface area contributed by atoms with Crippen molar-refractivity contribution in [2.45, 2.75) is 6.54 Å². The Kier molecular flexibility index (Phi) is 3.22. The molecule has 7 nitrogen and oxygen atoms in total. The second-order valence-electron chi connectivity index (χ2n) is 3.93. The van der Waals surface area contributed by atoms with Gasteiger partial charge in [-0.1, -0.05) is 0 Å². The molecule has 18 heavy (non-hydrogen) atoms. The smallest absolute Gasteiger partial charge is 0.354 e. The summed E-state index contributed by atoms with van der Waals surface area (Å²) in [5.41, 5.74) is 0.988. The maximum absolute atomic E-state index is 10.8. The maximum Gasteiger partial charge on any atom is 0.354 e. The average Bonchev–Trinajstić information content (AvgIpc) is 2.75. The van der Waals surface area contributed by atoms with Gasteiger partial charge in [0.05, 0.1) is 6.20 Å². The van der Waals surface area contributed by atoms with Gasteiger partial charge in [-0.05, 0) is 6.07 Å². The second-order valence-corrected chi connectivity index (χ2v) is 3.93. The number of aromatic carboxylic acids is 1. The lowest BCUT2D eigenvalue weighted by Gasteiger charge is -2.15. The molecule has 0 saturated heterocycles. The van der Waals surface area contributed by atoms with E-state index in [1.807, 2.05) is 13.2 Å². The fourth-order valence-electron chi connectivity index (χ4n) is 1.55. The molecule has 0 aliphatic carbocycles. The zero-order chi connectivity index (χ0) is 13.1. The Bertz CT molecular complexity index is 566. The SMILES string of the molecule is CN(Cc1cnn(C)c1)c1nccc(C(=O)O)n1. The van der Waals surface area contributed by atoms with E-state index >= 15 is 0 Å². The number of aromatic nitrogens is 4. The Morgan fingerprint density at radius 1 is 1.56 bits per heavy atom. The van der Waals surface area contributed by atoms with E-state index in [1.165, 1.54) is 12.3 Å². The van der Waals surface area contributed by atoms with Crippen molar-refractivity contribution >= 4 is 11.9 Å². The largest absolute Gasteiger partial charge is 0.477 e. The number of carboxylic acids is 1. The fourth-order valence-corrected chi connectivity index (χ4v) is 1.55. The predicted molar refractivity (Wildman–Crippen MR) is 64.3 cm³/mol. The lowest BCUT2D eigenvalue weighted by atomic mass is 10.3. The third kappa shape index (κ3) is 2.62. The van der Waals surface area contributed by atoms with Crippen LogP contribution in [0.15, 0.2) is 24.7 Å². The Balaban J connectivity index is 2.15. The van der Waals surface area contributed by atoms with Crippen molar-refractivity contribution in [1.82, 2.24) is 19.7 Å². The zero-order valence-electron chi connectivity index (χ0n) is 10.1. The zero-order valence-corrected chi connectivity index (χ0v) is 10.1. The highest BCUT2D eigenvalue weighted by Gasteiger charge is 2.10. The molecule has 2 aromatic rings. The van der Waals surface area contributed by atoms with Gasteiger partial charge < -0.3 is 10.0 Å². The molecule has 0 bridgehead atoms. The van der Waals surface area contributed by atoms with Crippen LogP contribution in [0, 0.1) is 0 Å². The molecule has 0 aromatic carbocycles. The molecular formula is C11H13N5O2. The van der Waals surface area contributed by atoms with Crippen molar-refractivity contribution in [2.24, 2.45) is 7.05 Å². The van der Waals surface area contributed by atoms with Crippen molar-refractivity contribution in [3.8, 4) is 0 Å². The third-order valence-electron chi connectivity index (χ3n) is 2.38. The van der Waals surface area contributed by atoms with Crippen LogP contribution in [0.4, 0.5) is 5.95 Å². The van der Waals surface area contributed by atoms with Crippen LogP contribution in [0.25, 0.3) is 0 Å². The van der Waals surface area contributed by atoms with Gasteiger partial charge in [-0.15, -0.1) is 0 Å². The van der Waals surface area contributed by atoms with Crippen LogP contribution in [-0.4, -0.2) is 37.9 Å². The molecule has 0 aliphatic rings. The fraction of sp³-hybridized carbons (Fsp3) is 0.273. The van der Waals surface area contributed by atoms with E-state index in [9.17, 15) is 4.79 Å². The van der Waals surface area contributed by atoms with E-state index in [-0.39, 0.29) is 5.69 Å². The minimum absolute atomic E-state index is 0.0157. The van der Waals surface area contributed by atoms with E-state index in [4.69, 9.17) is 5.11 Å². The summed E-state index contributed by atoms with van der Waals surface area (Å²) in [5, 5.41) is 12.9. The van der Waals surface area contributed by atoms with E-state index < -0.39 is 5.97 Å². The second kappa shape index (κ2) is 4.82. The van der Waals surface area contributed by atoms with Gasteiger partial charge >= 0.3 is 5.97 Å². The maximum atomic E-state index is 10.8. The molecule has 0 spiro atoms. The number of carboxylic acid groups (broad SMARTS) is 1. The molecule has 0 fully saturated rings. The van der Waals surface area contributed by atoms with Crippen LogP contribution in [0.3, 0.4) is 0 Å². The normalized spacial score (nSPS) is 10.3. The minimum atomic E-state index is -1.06. The first kappa shape index (κ1) is 12.0. The first-order valence-corrected chi connectivity index (χ1v) is 5.31. The summed E-state index contributed by atoms with van der Waals surface area (Å²) in [4.78, 5) is 20.6. The van der Waals surface area contributed by atoms with Gasteiger partial charge in [-0.2, -0.15) is 5.10 Å². The summed E-state index contributed by atoms with van der Waals surface area (Å²) in [7, 11) is 3.64. The molecule has 2 rings (SSSR count). The van der Waals surface area contributed by atoms with Crippen LogP contribution < -0.4 is 4.90 Å². The summed E-state index contributed by atoms with van der Waals surface area (Å²) < 4.78 is 1.71. The Morgan fingerprint density at radius 3 is 2.94 bits per heavy atom. The van der Waals surface area contributed by atoms with Gasteiger partial charge in [0.1, 0.15) is 0 Å². The van der Waals surface area contributed by atoms with Crippen molar-refractivity contribution < 1.29 is 9.90 Å². The van der Waals surface area contributed by atoms with Crippen LogP contribution in [0.1, 0.15) is 16.1 Å². The van der Waals surface area contributed by atoms with Gasteiger partial charge in [0.15, 0.2) is 5.69 Å². The van der Waals surface area contributed by atoms with Crippen molar-refractivity contribution in [1.29, 1.82) is 0 Å². The predicted octanol–water partition coefficient (Wildman–Crippen LogP) is 0.545. The van der Waals surface area contributed by atoms with Crippen LogP contribution in [0.5, 0.6) is 0 Å². The summed E-state index contributed by atoms with van der Waals surface area (Å²) in [6.07, 6.45) is 5.07. The van der Waals surface area contributed by atoms with Crippen molar-refractivity contribution in [2.75, 3.05) is 11.9 Å². The monoisotopic (exact) mass is 247 g/mol. The summed E-state index contributed by atoms with van der Waals surface area (Å²) in [6, 6.07) is 1.36. The average molecular weight is 247 g/mol. The molecule has 2 heterocycles. The Morgan fingerprint density at radius 2 is 2.33 bits per heavy atom. The van der Waals surface area contributed by atoms with Crippen molar-refractivity contribution in [3.05, 3.63) is 35.9 Å². The molecule has 0 unspecified atom stereocenters. The van der Waals surface area contributed by atoms with E-state index in [0.29, 0.717) is 12.5 Å². The molecule has 94 valence electrons. The number of carbonyl (C=O) groups is 1. The van der Waals surface area contributed by atoms with Gasteiger partial charge in [0.2, 0.25) is 5.95 Å². The minimum Gasteiger partial charge on any atom is -0.477 e. The Hall–Kier alpha value is -2.44. The van der Waals surface area contributed by atoms with Crippen LogP contribution in [-0.2, 0) is 13.6 Å². The molecule has 0 atom stereocenters. The topological polar surface area (TPSA) is 84.1 Å². The lowest BCUT2D eigenvalue weighted by molar-refractivity contribution is 0.0690. The molecule has 1 N–H and O–H groups in total. The number of rotatable bonds is 4. The van der Waals surface area contributed by atoms with Gasteiger partial charge in [0, 0.05) is 38.6 Å². The quantitative estimate of drug-likeness (QED) is 0.849. The molecular weight excluding hydrogens is 234 g/mol. The van der Waals surface area contributed by atoms with Gasteiger partial charge in [0.25, 0.3) is 0 Å². The first-order valence-electron chi connectivity index (χ1n) is 5.31.